The van der Waals surface area contributed by atoms with E-state index >= 15 is 0 Å². The standard InChI is InChI=1S/C20H40O4/c1-3-5-6-7-8-9-10-11-12-13-14-15-16-17-18(21)19(22)20(23)24-4-2/h18-19,21-22H,3-17H2,1-2H3/t18-,19+/m1/s1. The second-order valence-electron chi connectivity index (χ2n) is 6.80. The molecule has 0 unspecified atom stereocenters. The van der Waals surface area contributed by atoms with E-state index in [1.54, 1.807) is 6.92 Å². The Hall–Kier alpha value is -0.610. The third-order valence-corrected chi connectivity index (χ3v) is 4.50. The van der Waals surface area contributed by atoms with Crippen LogP contribution in [-0.4, -0.2) is 35.0 Å². The van der Waals surface area contributed by atoms with Crippen molar-refractivity contribution < 1.29 is 19.7 Å². The summed E-state index contributed by atoms with van der Waals surface area (Å²) in [7, 11) is 0. The Bertz CT molecular complexity index is 281. The maximum absolute atomic E-state index is 11.3. The zero-order valence-corrected chi connectivity index (χ0v) is 16.0. The number of aliphatic hydroxyl groups is 2. The minimum Gasteiger partial charge on any atom is -0.464 e. The zero-order chi connectivity index (χ0) is 18.0. The van der Waals surface area contributed by atoms with Gasteiger partial charge in [0, 0.05) is 0 Å². The Morgan fingerprint density at radius 3 is 1.58 bits per heavy atom. The molecule has 0 bridgehead atoms. The van der Waals surface area contributed by atoms with E-state index in [2.05, 4.69) is 6.92 Å². The van der Waals surface area contributed by atoms with Crippen LogP contribution in [0.1, 0.15) is 104 Å². The largest absolute Gasteiger partial charge is 0.464 e. The van der Waals surface area contributed by atoms with Gasteiger partial charge in [0.2, 0.25) is 0 Å². The molecule has 0 rings (SSSR count). The Morgan fingerprint density at radius 2 is 1.17 bits per heavy atom. The van der Waals surface area contributed by atoms with Crippen molar-refractivity contribution in [3.63, 3.8) is 0 Å². The van der Waals surface area contributed by atoms with Crippen LogP contribution >= 0.6 is 0 Å². The number of esters is 1. The highest BCUT2D eigenvalue weighted by atomic mass is 16.5. The number of hydrogen-bond acceptors (Lipinski definition) is 4. The van der Waals surface area contributed by atoms with E-state index in [0.29, 0.717) is 6.42 Å². The number of carbonyl (C=O) groups is 1. The lowest BCUT2D eigenvalue weighted by Gasteiger charge is -2.16. The lowest BCUT2D eigenvalue weighted by Crippen LogP contribution is -2.35. The fraction of sp³-hybridized carbons (Fsp3) is 0.950. The molecule has 0 aromatic heterocycles. The summed E-state index contributed by atoms with van der Waals surface area (Å²) in [6.45, 7) is 4.16. The molecular weight excluding hydrogens is 304 g/mol. The van der Waals surface area contributed by atoms with Crippen LogP contribution in [0, 0.1) is 0 Å². The fourth-order valence-corrected chi connectivity index (χ4v) is 2.91. The number of aliphatic hydroxyl groups excluding tert-OH is 2. The predicted molar refractivity (Wildman–Crippen MR) is 99.0 cm³/mol. The first kappa shape index (κ1) is 23.4. The van der Waals surface area contributed by atoms with Crippen LogP contribution in [0.3, 0.4) is 0 Å². The molecule has 0 saturated heterocycles. The maximum Gasteiger partial charge on any atom is 0.337 e. The highest BCUT2D eigenvalue weighted by Crippen LogP contribution is 2.14. The Kier molecular flexibility index (Phi) is 16.8. The first-order valence-corrected chi connectivity index (χ1v) is 10.2. The van der Waals surface area contributed by atoms with E-state index in [0.717, 1.165) is 12.8 Å². The Morgan fingerprint density at radius 1 is 0.750 bits per heavy atom. The molecule has 0 aliphatic heterocycles. The summed E-state index contributed by atoms with van der Waals surface area (Å²) in [5.41, 5.74) is 0. The summed E-state index contributed by atoms with van der Waals surface area (Å²) in [6, 6.07) is 0. The molecule has 0 aromatic carbocycles. The van der Waals surface area contributed by atoms with Crippen molar-refractivity contribution in [1.82, 2.24) is 0 Å². The lowest BCUT2D eigenvalue weighted by molar-refractivity contribution is -0.159. The normalized spacial score (nSPS) is 13.7. The van der Waals surface area contributed by atoms with E-state index in [4.69, 9.17) is 4.74 Å². The third kappa shape index (κ3) is 13.8. The molecule has 0 aliphatic rings. The van der Waals surface area contributed by atoms with Gasteiger partial charge in [-0.25, -0.2) is 4.79 Å². The average molecular weight is 345 g/mol. The first-order valence-electron chi connectivity index (χ1n) is 10.2. The van der Waals surface area contributed by atoms with Gasteiger partial charge in [-0.1, -0.05) is 90.4 Å². The minimum atomic E-state index is -1.40. The molecule has 2 N–H and O–H groups in total. The smallest absolute Gasteiger partial charge is 0.337 e. The molecule has 4 heteroatoms. The van der Waals surface area contributed by atoms with Crippen molar-refractivity contribution in [2.75, 3.05) is 6.61 Å². The Balaban J connectivity index is 3.31. The van der Waals surface area contributed by atoms with E-state index < -0.39 is 18.2 Å². The van der Waals surface area contributed by atoms with Gasteiger partial charge in [-0.15, -0.1) is 0 Å². The molecule has 0 aliphatic carbocycles. The quantitative estimate of drug-likeness (QED) is 0.295. The van der Waals surface area contributed by atoms with Crippen molar-refractivity contribution in [3.05, 3.63) is 0 Å². The monoisotopic (exact) mass is 344 g/mol. The summed E-state index contributed by atoms with van der Waals surface area (Å²) < 4.78 is 4.69. The van der Waals surface area contributed by atoms with Crippen LogP contribution in [0.5, 0.6) is 0 Å². The first-order chi connectivity index (χ1) is 11.6. The molecular formula is C20H40O4. The van der Waals surface area contributed by atoms with Crippen LogP contribution in [0.15, 0.2) is 0 Å². The number of carbonyl (C=O) groups excluding carboxylic acids is 1. The highest BCUT2D eigenvalue weighted by molar-refractivity contribution is 5.75. The lowest BCUT2D eigenvalue weighted by atomic mass is 10.0. The minimum absolute atomic E-state index is 0.224. The van der Waals surface area contributed by atoms with Crippen LogP contribution < -0.4 is 0 Å². The van der Waals surface area contributed by atoms with Crippen LogP contribution in [0.2, 0.25) is 0 Å². The molecule has 0 fully saturated rings. The number of unbranched alkanes of at least 4 members (excludes halogenated alkanes) is 12. The SMILES string of the molecule is CCCCCCCCCCCCCCC[C@@H](O)[C@H](O)C(=O)OCC. The molecule has 144 valence electrons. The molecule has 4 nitrogen and oxygen atoms in total. The molecule has 0 radical (unpaired) electrons. The number of rotatable bonds is 17. The summed E-state index contributed by atoms with van der Waals surface area (Å²) in [4.78, 5) is 11.3. The van der Waals surface area contributed by atoms with Crippen molar-refractivity contribution in [2.45, 2.75) is 116 Å². The molecule has 0 spiro atoms. The van der Waals surface area contributed by atoms with Gasteiger partial charge in [-0.2, -0.15) is 0 Å². The van der Waals surface area contributed by atoms with Gasteiger partial charge in [0.25, 0.3) is 0 Å². The van der Waals surface area contributed by atoms with Crippen molar-refractivity contribution in [3.8, 4) is 0 Å². The van der Waals surface area contributed by atoms with Gasteiger partial charge >= 0.3 is 5.97 Å². The summed E-state index contributed by atoms with van der Waals surface area (Å²) in [6.07, 6.45) is 14.6. The molecule has 0 amide bonds. The van der Waals surface area contributed by atoms with Crippen LogP contribution in [-0.2, 0) is 9.53 Å². The number of hydrogen-bond donors (Lipinski definition) is 2. The van der Waals surface area contributed by atoms with Gasteiger partial charge in [-0.05, 0) is 13.3 Å². The topological polar surface area (TPSA) is 66.8 Å². The zero-order valence-electron chi connectivity index (χ0n) is 16.0. The average Bonchev–Trinajstić information content (AvgIpc) is 2.58. The number of ether oxygens (including phenoxy) is 1. The van der Waals surface area contributed by atoms with E-state index in [9.17, 15) is 15.0 Å². The van der Waals surface area contributed by atoms with Crippen molar-refractivity contribution in [2.24, 2.45) is 0 Å². The molecule has 2 atom stereocenters. The molecule has 0 saturated carbocycles. The predicted octanol–water partition coefficient (Wildman–Crippen LogP) is 4.75. The van der Waals surface area contributed by atoms with Gasteiger partial charge in [0.1, 0.15) is 0 Å². The van der Waals surface area contributed by atoms with E-state index in [-0.39, 0.29) is 6.61 Å². The second kappa shape index (κ2) is 17.2. The molecule has 0 heterocycles. The van der Waals surface area contributed by atoms with E-state index in [1.807, 2.05) is 0 Å². The van der Waals surface area contributed by atoms with Gasteiger partial charge in [0.15, 0.2) is 6.10 Å². The Labute approximate surface area is 149 Å². The van der Waals surface area contributed by atoms with E-state index in [1.165, 1.54) is 70.6 Å². The summed E-state index contributed by atoms with van der Waals surface area (Å²) in [5.74, 6) is -0.723. The van der Waals surface area contributed by atoms with Crippen molar-refractivity contribution in [1.29, 1.82) is 0 Å². The third-order valence-electron chi connectivity index (χ3n) is 4.50. The second-order valence-corrected chi connectivity index (χ2v) is 6.80. The van der Waals surface area contributed by atoms with Gasteiger partial charge in [0.05, 0.1) is 12.7 Å². The highest BCUT2D eigenvalue weighted by Gasteiger charge is 2.24. The van der Waals surface area contributed by atoms with Gasteiger partial charge in [-0.3, -0.25) is 0 Å². The molecule has 24 heavy (non-hydrogen) atoms. The summed E-state index contributed by atoms with van der Waals surface area (Å²) in [5, 5.41) is 19.3. The van der Waals surface area contributed by atoms with Crippen LogP contribution in [0.25, 0.3) is 0 Å². The summed E-state index contributed by atoms with van der Waals surface area (Å²) >= 11 is 0. The van der Waals surface area contributed by atoms with Crippen LogP contribution in [0.4, 0.5) is 0 Å². The van der Waals surface area contributed by atoms with Gasteiger partial charge < -0.3 is 14.9 Å². The maximum atomic E-state index is 11.3. The van der Waals surface area contributed by atoms with Crippen molar-refractivity contribution >= 4 is 5.97 Å². The fourth-order valence-electron chi connectivity index (χ4n) is 2.91. The molecule has 0 aromatic rings.